The van der Waals surface area contributed by atoms with Gasteiger partial charge in [-0.2, -0.15) is 0 Å². The molecule has 0 aliphatic carbocycles. The predicted molar refractivity (Wildman–Crippen MR) is 86.5 cm³/mol. The summed E-state index contributed by atoms with van der Waals surface area (Å²) in [6.45, 7) is 4.04. The number of ether oxygens (including phenoxy) is 1. The van der Waals surface area contributed by atoms with Crippen molar-refractivity contribution in [2.75, 3.05) is 7.11 Å². The van der Waals surface area contributed by atoms with Gasteiger partial charge in [-0.25, -0.2) is 0 Å². The van der Waals surface area contributed by atoms with Crippen LogP contribution in [0.2, 0.25) is 0 Å². The van der Waals surface area contributed by atoms with Crippen molar-refractivity contribution >= 4 is 33.7 Å². The zero-order chi connectivity index (χ0) is 15.0. The molecular formula is C17H17NO2Se. The Morgan fingerprint density at radius 1 is 1.05 bits per heavy atom. The normalized spacial score (nSPS) is 12.5. The van der Waals surface area contributed by atoms with E-state index in [9.17, 15) is 3.83 Å². The molecular weight excluding hydrogens is 329 g/mol. The Morgan fingerprint density at radius 2 is 1.76 bits per heavy atom. The van der Waals surface area contributed by atoms with E-state index in [2.05, 4.69) is 24.0 Å². The van der Waals surface area contributed by atoms with E-state index < -0.39 is 13.8 Å². The fourth-order valence-corrected chi connectivity index (χ4v) is 5.23. The first-order chi connectivity index (χ1) is 10.1. The summed E-state index contributed by atoms with van der Waals surface area (Å²) in [5.41, 5.74) is 3.22. The van der Waals surface area contributed by atoms with Crippen LogP contribution in [0.5, 0.6) is 5.75 Å². The van der Waals surface area contributed by atoms with Crippen LogP contribution in [0.15, 0.2) is 42.5 Å². The van der Waals surface area contributed by atoms with E-state index in [1.165, 1.54) is 5.56 Å². The van der Waals surface area contributed by atoms with Crippen LogP contribution in [0.25, 0.3) is 10.9 Å². The molecule has 1 heterocycles. The van der Waals surface area contributed by atoms with Gasteiger partial charge in [0.15, 0.2) is 0 Å². The van der Waals surface area contributed by atoms with Gasteiger partial charge < -0.3 is 0 Å². The third-order valence-electron chi connectivity index (χ3n) is 3.54. The van der Waals surface area contributed by atoms with Crippen molar-refractivity contribution in [2.24, 2.45) is 0 Å². The number of rotatable bonds is 3. The Kier molecular flexibility index (Phi) is 3.66. The maximum atomic E-state index is 13.0. The summed E-state index contributed by atoms with van der Waals surface area (Å²) in [6, 6.07) is 13.7. The first kappa shape index (κ1) is 14.1. The number of aromatic amines is 1. The standard InChI is InChI=1S/C17H17NO2Se/c1-11-4-9-16-15(10-11)17(12(2)18-16)21(19)14-7-5-13(20-3)6-8-14/h4-10,18H,1-3H3. The molecule has 0 aliphatic rings. The second kappa shape index (κ2) is 5.47. The van der Waals surface area contributed by atoms with Crippen molar-refractivity contribution in [3.05, 3.63) is 53.7 Å². The van der Waals surface area contributed by atoms with Gasteiger partial charge in [0.2, 0.25) is 0 Å². The summed E-state index contributed by atoms with van der Waals surface area (Å²) >= 11 is -2.29. The van der Waals surface area contributed by atoms with Gasteiger partial charge in [0, 0.05) is 0 Å². The molecule has 2 aromatic carbocycles. The molecule has 21 heavy (non-hydrogen) atoms. The van der Waals surface area contributed by atoms with Crippen molar-refractivity contribution < 1.29 is 8.57 Å². The summed E-state index contributed by atoms with van der Waals surface area (Å²) in [5.74, 6) is 0.782. The Labute approximate surface area is 128 Å². The Bertz CT molecular complexity index is 819. The SMILES string of the molecule is COc1ccc([Se](=O)c2c(C)[nH]c3ccc(C)cc23)cc1. The third-order valence-corrected chi connectivity index (χ3v) is 6.89. The summed E-state index contributed by atoms with van der Waals surface area (Å²) in [5, 5.41) is 1.07. The van der Waals surface area contributed by atoms with Gasteiger partial charge in [-0.05, 0) is 0 Å². The van der Waals surface area contributed by atoms with Crippen molar-refractivity contribution in [1.82, 2.24) is 4.98 Å². The van der Waals surface area contributed by atoms with E-state index in [1.54, 1.807) is 7.11 Å². The molecule has 3 aromatic rings. The molecule has 4 heteroatoms. The Balaban J connectivity index is 2.12. The van der Waals surface area contributed by atoms with Crippen LogP contribution in [0.3, 0.4) is 0 Å². The molecule has 0 radical (unpaired) electrons. The van der Waals surface area contributed by atoms with Crippen molar-refractivity contribution in [3.63, 3.8) is 0 Å². The van der Waals surface area contributed by atoms with E-state index in [-0.39, 0.29) is 0 Å². The van der Waals surface area contributed by atoms with E-state index >= 15 is 0 Å². The number of aryl methyl sites for hydroxylation is 2. The van der Waals surface area contributed by atoms with Crippen LogP contribution < -0.4 is 13.7 Å². The van der Waals surface area contributed by atoms with Gasteiger partial charge in [0.05, 0.1) is 0 Å². The van der Waals surface area contributed by atoms with E-state index in [0.29, 0.717) is 0 Å². The average molecular weight is 346 g/mol. The number of benzene rings is 2. The van der Waals surface area contributed by atoms with Gasteiger partial charge in [-0.1, -0.05) is 0 Å². The molecule has 0 bridgehead atoms. The number of H-pyrrole nitrogens is 1. The van der Waals surface area contributed by atoms with Gasteiger partial charge in [-0.3, -0.25) is 0 Å². The maximum absolute atomic E-state index is 13.0. The predicted octanol–water partition coefficient (Wildman–Crippen LogP) is 2.33. The van der Waals surface area contributed by atoms with Gasteiger partial charge >= 0.3 is 128 Å². The molecule has 0 fully saturated rings. The number of methoxy groups -OCH3 is 1. The van der Waals surface area contributed by atoms with Crippen molar-refractivity contribution in [2.45, 2.75) is 13.8 Å². The summed E-state index contributed by atoms with van der Waals surface area (Å²) in [4.78, 5) is 3.33. The molecule has 3 rings (SSSR count). The number of nitrogens with one attached hydrogen (secondary N) is 1. The molecule has 108 valence electrons. The van der Waals surface area contributed by atoms with Crippen LogP contribution in [0.4, 0.5) is 0 Å². The summed E-state index contributed by atoms with van der Waals surface area (Å²) < 4.78 is 20.0. The molecule has 0 spiro atoms. The zero-order valence-electron chi connectivity index (χ0n) is 12.3. The Morgan fingerprint density at radius 3 is 2.43 bits per heavy atom. The molecule has 1 unspecified atom stereocenters. The molecule has 0 saturated carbocycles. The monoisotopic (exact) mass is 347 g/mol. The fraction of sp³-hybridized carbons (Fsp3) is 0.176. The molecule has 3 nitrogen and oxygen atoms in total. The quantitative estimate of drug-likeness (QED) is 0.740. The summed E-state index contributed by atoms with van der Waals surface area (Å²) in [6.07, 6.45) is 0. The first-order valence-corrected chi connectivity index (χ1v) is 9.16. The minimum absolute atomic E-state index is 0.782. The second-order valence-electron chi connectivity index (χ2n) is 5.07. The molecule has 1 aromatic heterocycles. The molecule has 1 atom stereocenters. The number of hydrogen-bond donors (Lipinski definition) is 1. The zero-order valence-corrected chi connectivity index (χ0v) is 14.0. The van der Waals surface area contributed by atoms with E-state index in [4.69, 9.17) is 4.74 Å². The third kappa shape index (κ3) is 2.53. The van der Waals surface area contributed by atoms with E-state index in [1.807, 2.05) is 37.3 Å². The van der Waals surface area contributed by atoms with Gasteiger partial charge in [-0.15, -0.1) is 0 Å². The Hall–Kier alpha value is -1.90. The van der Waals surface area contributed by atoms with Crippen LogP contribution in [-0.2, 0) is 3.83 Å². The average Bonchev–Trinajstić information content (AvgIpc) is 2.82. The van der Waals surface area contributed by atoms with Crippen molar-refractivity contribution in [3.8, 4) is 5.75 Å². The second-order valence-corrected chi connectivity index (χ2v) is 8.05. The number of fused-ring (bicyclic) bond motifs is 1. The van der Waals surface area contributed by atoms with E-state index in [0.717, 1.165) is 31.3 Å². The van der Waals surface area contributed by atoms with Crippen LogP contribution >= 0.6 is 0 Å². The van der Waals surface area contributed by atoms with Crippen molar-refractivity contribution in [1.29, 1.82) is 0 Å². The van der Waals surface area contributed by atoms with Crippen LogP contribution in [0.1, 0.15) is 11.3 Å². The van der Waals surface area contributed by atoms with Crippen LogP contribution in [0, 0.1) is 13.8 Å². The molecule has 1 N–H and O–H groups in total. The minimum atomic E-state index is -2.29. The van der Waals surface area contributed by atoms with Gasteiger partial charge in [0.1, 0.15) is 0 Å². The molecule has 0 aliphatic heterocycles. The molecule has 0 saturated heterocycles. The van der Waals surface area contributed by atoms with Gasteiger partial charge in [0.25, 0.3) is 0 Å². The number of aromatic nitrogens is 1. The topological polar surface area (TPSA) is 42.1 Å². The first-order valence-electron chi connectivity index (χ1n) is 6.75. The number of hydrogen-bond acceptors (Lipinski definition) is 2. The summed E-state index contributed by atoms with van der Waals surface area (Å²) in [7, 11) is 1.63. The van der Waals surface area contributed by atoms with Crippen LogP contribution in [-0.4, -0.2) is 25.9 Å². The molecule has 0 amide bonds. The fourth-order valence-electron chi connectivity index (χ4n) is 2.47.